The van der Waals surface area contributed by atoms with Gasteiger partial charge in [-0.1, -0.05) is 42.5 Å². The third-order valence-electron chi connectivity index (χ3n) is 4.98. The molecule has 7 nitrogen and oxygen atoms in total. The Balaban J connectivity index is 1.51. The summed E-state index contributed by atoms with van der Waals surface area (Å²) in [5, 5.41) is 6.83. The molecule has 0 saturated heterocycles. The van der Waals surface area contributed by atoms with E-state index >= 15 is 0 Å². The molecular weight excluding hydrogens is 437 g/mol. The predicted octanol–water partition coefficient (Wildman–Crippen LogP) is 4.01. The Morgan fingerprint density at radius 3 is 2.32 bits per heavy atom. The smallest absolute Gasteiger partial charge is 0.271 e. The molecule has 1 amide bonds. The van der Waals surface area contributed by atoms with Crippen LogP contribution in [0, 0.1) is 5.82 Å². The highest BCUT2D eigenvalue weighted by atomic mass is 19.1. The Bertz CT molecular complexity index is 1390. The van der Waals surface area contributed by atoms with E-state index in [-0.39, 0.29) is 11.7 Å². The van der Waals surface area contributed by atoms with Gasteiger partial charge in [0.15, 0.2) is 11.9 Å². The summed E-state index contributed by atoms with van der Waals surface area (Å²) in [6.07, 6.45) is -0.994. The number of aromatic nitrogens is 2. The zero-order chi connectivity index (χ0) is 24.1. The number of amides is 1. The predicted molar refractivity (Wildman–Crippen MR) is 125 cm³/mol. The molecule has 0 saturated carbocycles. The van der Waals surface area contributed by atoms with Crippen molar-refractivity contribution >= 4 is 17.4 Å². The lowest BCUT2D eigenvalue weighted by Gasteiger charge is -2.16. The van der Waals surface area contributed by atoms with Crippen LogP contribution in [0.2, 0.25) is 0 Å². The van der Waals surface area contributed by atoms with Crippen molar-refractivity contribution in [3.8, 4) is 11.6 Å². The molecule has 170 valence electrons. The molecule has 3 aromatic carbocycles. The summed E-state index contributed by atoms with van der Waals surface area (Å²) in [4.78, 5) is 37.9. The molecule has 1 aromatic heterocycles. The molecule has 1 atom stereocenters. The van der Waals surface area contributed by atoms with Crippen LogP contribution in [0.15, 0.2) is 95.8 Å². The summed E-state index contributed by atoms with van der Waals surface area (Å²) in [5.41, 5.74) is 1.10. The third kappa shape index (κ3) is 5.07. The number of benzene rings is 3. The van der Waals surface area contributed by atoms with Crippen LogP contribution in [0.5, 0.6) is 5.88 Å². The molecule has 0 aliphatic heterocycles. The number of halogens is 1. The number of nitrogens with zero attached hydrogens (tertiary/aromatic N) is 2. The number of para-hydroxylation sites is 1. The normalized spacial score (nSPS) is 11.5. The van der Waals surface area contributed by atoms with Crippen molar-refractivity contribution in [1.82, 2.24) is 9.78 Å². The SMILES string of the molecule is CC(Oc1ccc(=O)n(-c2ccc(F)cc2)n1)C(=O)Nc1ccccc1C(=O)c1ccccc1. The Kier molecular flexibility index (Phi) is 6.59. The molecule has 8 heteroatoms. The van der Waals surface area contributed by atoms with Crippen LogP contribution in [0.4, 0.5) is 10.1 Å². The van der Waals surface area contributed by atoms with Gasteiger partial charge in [0.2, 0.25) is 5.88 Å². The number of rotatable bonds is 7. The molecule has 0 bridgehead atoms. The van der Waals surface area contributed by atoms with Crippen LogP contribution in [-0.4, -0.2) is 27.6 Å². The van der Waals surface area contributed by atoms with Gasteiger partial charge in [-0.25, -0.2) is 4.39 Å². The maximum atomic E-state index is 13.2. The highest BCUT2D eigenvalue weighted by Crippen LogP contribution is 2.20. The molecule has 0 radical (unpaired) electrons. The largest absolute Gasteiger partial charge is 0.463 e. The zero-order valence-corrected chi connectivity index (χ0v) is 18.1. The standard InChI is InChI=1S/C26H20FN3O4/c1-17(34-23-15-16-24(31)30(29-23)20-13-11-19(27)12-14-20)26(33)28-22-10-6-5-9-21(22)25(32)18-7-3-2-4-8-18/h2-17H,1H3,(H,28,33). The van der Waals surface area contributed by atoms with Gasteiger partial charge in [-0.3, -0.25) is 14.4 Å². The summed E-state index contributed by atoms with van der Waals surface area (Å²) in [7, 11) is 0. The molecule has 4 aromatic rings. The number of hydrogen-bond donors (Lipinski definition) is 1. The number of carbonyl (C=O) groups excluding carboxylic acids is 2. The molecule has 0 fully saturated rings. The van der Waals surface area contributed by atoms with Crippen molar-refractivity contribution in [2.45, 2.75) is 13.0 Å². The fourth-order valence-electron chi connectivity index (χ4n) is 3.23. The highest BCUT2D eigenvalue weighted by Gasteiger charge is 2.20. The first kappa shape index (κ1) is 22.6. The van der Waals surface area contributed by atoms with E-state index in [1.165, 1.54) is 43.3 Å². The van der Waals surface area contributed by atoms with E-state index in [9.17, 15) is 18.8 Å². The Hall–Kier alpha value is -4.59. The number of hydrogen-bond acceptors (Lipinski definition) is 5. The first-order valence-corrected chi connectivity index (χ1v) is 10.4. The van der Waals surface area contributed by atoms with Crippen LogP contribution >= 0.6 is 0 Å². The van der Waals surface area contributed by atoms with E-state index in [4.69, 9.17) is 4.74 Å². The van der Waals surface area contributed by atoms with Crippen molar-refractivity contribution in [3.63, 3.8) is 0 Å². The minimum absolute atomic E-state index is 0.0280. The maximum Gasteiger partial charge on any atom is 0.271 e. The minimum Gasteiger partial charge on any atom is -0.463 e. The first-order valence-electron chi connectivity index (χ1n) is 10.4. The second-order valence-corrected chi connectivity index (χ2v) is 7.39. The van der Waals surface area contributed by atoms with E-state index in [1.807, 2.05) is 6.07 Å². The van der Waals surface area contributed by atoms with Gasteiger partial charge < -0.3 is 10.1 Å². The lowest BCUT2D eigenvalue weighted by molar-refractivity contribution is -0.122. The zero-order valence-electron chi connectivity index (χ0n) is 18.1. The maximum absolute atomic E-state index is 13.2. The Labute approximate surface area is 194 Å². The monoisotopic (exact) mass is 457 g/mol. The molecule has 0 spiro atoms. The highest BCUT2D eigenvalue weighted by molar-refractivity contribution is 6.14. The van der Waals surface area contributed by atoms with Gasteiger partial charge in [0.1, 0.15) is 5.82 Å². The lowest BCUT2D eigenvalue weighted by atomic mass is 10.0. The van der Waals surface area contributed by atoms with Crippen LogP contribution in [0.1, 0.15) is 22.8 Å². The Morgan fingerprint density at radius 1 is 0.912 bits per heavy atom. The average Bonchev–Trinajstić information content (AvgIpc) is 2.86. The van der Waals surface area contributed by atoms with E-state index in [0.29, 0.717) is 22.5 Å². The van der Waals surface area contributed by atoms with Crippen molar-refractivity contribution < 1.29 is 18.7 Å². The van der Waals surface area contributed by atoms with Crippen LogP contribution in [0.25, 0.3) is 5.69 Å². The second-order valence-electron chi connectivity index (χ2n) is 7.39. The topological polar surface area (TPSA) is 90.3 Å². The Morgan fingerprint density at radius 2 is 1.59 bits per heavy atom. The van der Waals surface area contributed by atoms with Crippen molar-refractivity contribution in [3.05, 3.63) is 118 Å². The van der Waals surface area contributed by atoms with Gasteiger partial charge in [-0.2, -0.15) is 4.68 Å². The summed E-state index contributed by atoms with van der Waals surface area (Å²) >= 11 is 0. The second kappa shape index (κ2) is 9.91. The molecular formula is C26H20FN3O4. The fraction of sp³-hybridized carbons (Fsp3) is 0.0769. The summed E-state index contributed by atoms with van der Waals surface area (Å²) < 4.78 is 19.9. The van der Waals surface area contributed by atoms with Gasteiger partial charge in [0.05, 0.1) is 11.4 Å². The summed E-state index contributed by atoms with van der Waals surface area (Å²) in [5.74, 6) is -1.14. The molecule has 0 aliphatic rings. The van der Waals surface area contributed by atoms with E-state index in [1.54, 1.807) is 48.5 Å². The van der Waals surface area contributed by atoms with Crippen LogP contribution in [-0.2, 0) is 4.79 Å². The molecule has 4 rings (SSSR count). The fourth-order valence-corrected chi connectivity index (χ4v) is 3.23. The number of ketones is 1. The number of anilines is 1. The first-order chi connectivity index (χ1) is 16.4. The quantitative estimate of drug-likeness (QED) is 0.424. The number of nitrogens with one attached hydrogen (secondary N) is 1. The van der Waals surface area contributed by atoms with Gasteiger partial charge >= 0.3 is 0 Å². The van der Waals surface area contributed by atoms with Crippen molar-refractivity contribution in [1.29, 1.82) is 0 Å². The van der Waals surface area contributed by atoms with Crippen molar-refractivity contribution in [2.75, 3.05) is 5.32 Å². The average molecular weight is 457 g/mol. The van der Waals surface area contributed by atoms with E-state index in [2.05, 4.69) is 10.4 Å². The summed E-state index contributed by atoms with van der Waals surface area (Å²) in [6, 6.07) is 23.3. The van der Waals surface area contributed by atoms with Crippen LogP contribution < -0.4 is 15.6 Å². The number of carbonyl (C=O) groups is 2. The van der Waals surface area contributed by atoms with Gasteiger partial charge in [-0.05, 0) is 43.3 Å². The summed E-state index contributed by atoms with van der Waals surface area (Å²) in [6.45, 7) is 1.52. The third-order valence-corrected chi connectivity index (χ3v) is 4.98. The van der Waals surface area contributed by atoms with E-state index in [0.717, 1.165) is 4.68 Å². The lowest BCUT2D eigenvalue weighted by Crippen LogP contribution is -2.32. The molecule has 0 aliphatic carbocycles. The number of ether oxygens (including phenoxy) is 1. The van der Waals surface area contributed by atoms with E-state index < -0.39 is 23.4 Å². The minimum atomic E-state index is -0.994. The van der Waals surface area contributed by atoms with Gasteiger partial charge in [0.25, 0.3) is 11.5 Å². The van der Waals surface area contributed by atoms with Gasteiger partial charge in [-0.15, -0.1) is 5.10 Å². The van der Waals surface area contributed by atoms with Gasteiger partial charge in [0, 0.05) is 23.3 Å². The molecule has 1 N–H and O–H groups in total. The molecule has 34 heavy (non-hydrogen) atoms. The molecule has 1 unspecified atom stereocenters. The van der Waals surface area contributed by atoms with Crippen molar-refractivity contribution in [2.24, 2.45) is 0 Å². The van der Waals surface area contributed by atoms with Crippen LogP contribution in [0.3, 0.4) is 0 Å². The molecule has 1 heterocycles.